The molecule has 0 unspecified atom stereocenters. The summed E-state index contributed by atoms with van der Waals surface area (Å²) in [5, 5.41) is 20.2. The highest BCUT2D eigenvalue weighted by molar-refractivity contribution is 5.91. The Kier molecular flexibility index (Phi) is 5.06. The fraction of sp³-hybridized carbons (Fsp3) is 0.320. The zero-order valence-corrected chi connectivity index (χ0v) is 18.1. The van der Waals surface area contributed by atoms with Gasteiger partial charge in [-0.3, -0.25) is 9.20 Å². The van der Waals surface area contributed by atoms with Gasteiger partial charge < -0.3 is 19.8 Å². The molecule has 3 aromatic rings. The van der Waals surface area contributed by atoms with Crippen molar-refractivity contribution in [3.8, 4) is 28.8 Å². The van der Waals surface area contributed by atoms with Crippen LogP contribution >= 0.6 is 0 Å². The predicted octanol–water partition coefficient (Wildman–Crippen LogP) is 2.58. The molecule has 0 bridgehead atoms. The summed E-state index contributed by atoms with van der Waals surface area (Å²) >= 11 is 0. The number of nitrogens with zero attached hydrogens (tertiary/aromatic N) is 3. The number of carboxylic acids is 1. The fourth-order valence-corrected chi connectivity index (χ4v) is 4.07. The van der Waals surface area contributed by atoms with Gasteiger partial charge in [-0.25, -0.2) is 9.78 Å². The first-order valence-electron chi connectivity index (χ1n) is 10.9. The quantitative estimate of drug-likeness (QED) is 0.598. The van der Waals surface area contributed by atoms with E-state index >= 15 is 0 Å². The van der Waals surface area contributed by atoms with Crippen LogP contribution in [0, 0.1) is 11.8 Å². The number of likely N-dealkylation sites (N-methyl/N-ethyl adjacent to an activating group) is 1. The maximum atomic E-state index is 12.2. The van der Waals surface area contributed by atoms with E-state index < -0.39 is 17.5 Å². The number of carboxylic acid groups (broad SMARTS) is 1. The zero-order chi connectivity index (χ0) is 23.2. The molecule has 5 rings (SSSR count). The molecule has 1 saturated heterocycles. The van der Waals surface area contributed by atoms with Crippen LogP contribution in [-0.2, 0) is 4.79 Å². The van der Waals surface area contributed by atoms with Crippen LogP contribution in [-0.4, -0.2) is 61.7 Å². The van der Waals surface area contributed by atoms with Crippen LogP contribution < -0.4 is 4.74 Å². The number of likely N-dealkylation sites (tertiary alicyclic amines) is 1. The van der Waals surface area contributed by atoms with Gasteiger partial charge >= 0.3 is 5.97 Å². The number of ether oxygens (including phenoxy) is 1. The van der Waals surface area contributed by atoms with E-state index in [1.807, 2.05) is 6.07 Å². The maximum absolute atomic E-state index is 12.2. The Labute approximate surface area is 190 Å². The van der Waals surface area contributed by atoms with Gasteiger partial charge in [0.05, 0.1) is 17.3 Å². The third-order valence-electron chi connectivity index (χ3n) is 6.22. The molecule has 168 valence electrons. The van der Waals surface area contributed by atoms with Crippen LogP contribution in [0.4, 0.5) is 0 Å². The fourth-order valence-electron chi connectivity index (χ4n) is 4.07. The first-order chi connectivity index (χ1) is 15.8. The minimum absolute atomic E-state index is 0.0967. The van der Waals surface area contributed by atoms with Gasteiger partial charge in [0.25, 0.3) is 5.91 Å². The van der Waals surface area contributed by atoms with Crippen molar-refractivity contribution < 1.29 is 24.5 Å². The Bertz CT molecular complexity index is 1330. The van der Waals surface area contributed by atoms with Crippen molar-refractivity contribution in [2.24, 2.45) is 0 Å². The minimum Gasteiger partial charge on any atom is -0.490 e. The molecule has 8 heteroatoms. The average molecular weight is 445 g/mol. The first-order valence-corrected chi connectivity index (χ1v) is 10.9. The number of imidazole rings is 1. The molecule has 2 aromatic heterocycles. The van der Waals surface area contributed by atoms with E-state index in [1.54, 1.807) is 43.6 Å². The molecule has 8 nitrogen and oxygen atoms in total. The normalized spacial score (nSPS) is 20.4. The standard InChI is InChI=1S/C25H23N3O5/c1-27-13-11-25(32,24(27)31)10-8-16-4-2-5-17(14-16)21-20-15-19(33-18-6-3-7-18)9-12-28(20)22(26-21)23(29)30/h2,4-5,9,12,14-15,18,32H,3,6-7,11,13H2,1H3,(H,29,30)/t25-/m0/s1. The van der Waals surface area contributed by atoms with Crippen LogP contribution in [0.25, 0.3) is 16.8 Å². The number of carbonyl (C=O) groups excluding carboxylic acids is 1. The van der Waals surface area contributed by atoms with Crippen molar-refractivity contribution in [2.75, 3.05) is 13.6 Å². The monoisotopic (exact) mass is 445 g/mol. The summed E-state index contributed by atoms with van der Waals surface area (Å²) in [6.45, 7) is 0.452. The second-order valence-corrected chi connectivity index (χ2v) is 8.55. The summed E-state index contributed by atoms with van der Waals surface area (Å²) in [6, 6.07) is 10.7. The number of rotatable bonds is 4. The topological polar surface area (TPSA) is 104 Å². The van der Waals surface area contributed by atoms with Gasteiger partial charge in [0.1, 0.15) is 5.75 Å². The van der Waals surface area contributed by atoms with E-state index in [0.29, 0.717) is 34.6 Å². The second-order valence-electron chi connectivity index (χ2n) is 8.55. The number of aromatic carboxylic acids is 1. The molecule has 33 heavy (non-hydrogen) atoms. The van der Waals surface area contributed by atoms with Gasteiger partial charge in [-0.05, 0) is 37.5 Å². The number of amides is 1. The number of aliphatic hydroxyl groups is 1. The van der Waals surface area contributed by atoms with E-state index in [2.05, 4.69) is 16.8 Å². The predicted molar refractivity (Wildman–Crippen MR) is 120 cm³/mol. The number of pyridine rings is 1. The van der Waals surface area contributed by atoms with Crippen LogP contribution in [0.1, 0.15) is 41.9 Å². The number of benzene rings is 1. The van der Waals surface area contributed by atoms with Crippen molar-refractivity contribution in [1.82, 2.24) is 14.3 Å². The first kappa shape index (κ1) is 21.0. The van der Waals surface area contributed by atoms with Crippen molar-refractivity contribution >= 4 is 17.4 Å². The van der Waals surface area contributed by atoms with Gasteiger partial charge in [-0.2, -0.15) is 0 Å². The zero-order valence-electron chi connectivity index (χ0n) is 18.1. The van der Waals surface area contributed by atoms with Gasteiger partial charge in [0, 0.05) is 43.4 Å². The molecule has 2 aliphatic rings. The molecule has 0 radical (unpaired) electrons. The lowest BCUT2D eigenvalue weighted by Crippen LogP contribution is -2.37. The third kappa shape index (κ3) is 3.81. The van der Waals surface area contributed by atoms with Gasteiger partial charge in [-0.1, -0.05) is 24.0 Å². The molecule has 1 amide bonds. The highest BCUT2D eigenvalue weighted by atomic mass is 16.5. The molecular formula is C25H23N3O5. The van der Waals surface area contributed by atoms with Crippen molar-refractivity contribution in [3.63, 3.8) is 0 Å². The number of hydrogen-bond donors (Lipinski definition) is 2. The third-order valence-corrected chi connectivity index (χ3v) is 6.22. The van der Waals surface area contributed by atoms with E-state index in [4.69, 9.17) is 4.74 Å². The van der Waals surface area contributed by atoms with E-state index in [-0.39, 0.29) is 18.3 Å². The highest BCUT2D eigenvalue weighted by Gasteiger charge is 2.42. The molecule has 0 spiro atoms. The summed E-state index contributed by atoms with van der Waals surface area (Å²) < 4.78 is 7.52. The SMILES string of the molecule is CN1CC[C@@](O)(C#Cc2cccc(-c3nc(C(=O)O)n4ccc(OC5CCC5)cc34)c2)C1=O. The Morgan fingerprint density at radius 2 is 2.09 bits per heavy atom. The number of fused-ring (bicyclic) bond motifs is 1. The molecule has 1 atom stereocenters. The summed E-state index contributed by atoms with van der Waals surface area (Å²) in [4.78, 5) is 29.8. The summed E-state index contributed by atoms with van der Waals surface area (Å²) in [5.41, 5.74) is 0.680. The highest BCUT2D eigenvalue weighted by Crippen LogP contribution is 2.31. The van der Waals surface area contributed by atoms with Crippen LogP contribution in [0.15, 0.2) is 42.6 Å². The molecule has 1 saturated carbocycles. The van der Waals surface area contributed by atoms with E-state index in [1.165, 1.54) is 9.30 Å². The molecule has 3 heterocycles. The molecular weight excluding hydrogens is 422 g/mol. The summed E-state index contributed by atoms with van der Waals surface area (Å²) in [5.74, 6) is 4.64. The van der Waals surface area contributed by atoms with Crippen molar-refractivity contribution in [3.05, 3.63) is 54.0 Å². The Balaban J connectivity index is 1.54. The Hall–Kier alpha value is -3.83. The molecule has 2 fully saturated rings. The smallest absolute Gasteiger partial charge is 0.372 e. The molecule has 1 aromatic carbocycles. The van der Waals surface area contributed by atoms with Gasteiger partial charge in [0.15, 0.2) is 0 Å². The van der Waals surface area contributed by atoms with E-state index in [9.17, 15) is 19.8 Å². The molecule has 1 aliphatic carbocycles. The van der Waals surface area contributed by atoms with E-state index in [0.717, 1.165) is 19.3 Å². The van der Waals surface area contributed by atoms with Crippen LogP contribution in [0.5, 0.6) is 5.75 Å². The average Bonchev–Trinajstić information content (AvgIpc) is 3.28. The van der Waals surface area contributed by atoms with Gasteiger partial charge in [-0.15, -0.1) is 0 Å². The van der Waals surface area contributed by atoms with Crippen LogP contribution in [0.2, 0.25) is 0 Å². The number of aromatic nitrogens is 2. The lowest BCUT2D eigenvalue weighted by Gasteiger charge is -2.26. The van der Waals surface area contributed by atoms with Crippen molar-refractivity contribution in [2.45, 2.75) is 37.4 Å². The minimum atomic E-state index is -1.68. The lowest BCUT2D eigenvalue weighted by atomic mass is 9.96. The summed E-state index contributed by atoms with van der Waals surface area (Å²) in [6.07, 6.45) is 5.29. The Morgan fingerprint density at radius 1 is 1.27 bits per heavy atom. The summed E-state index contributed by atoms with van der Waals surface area (Å²) in [7, 11) is 1.63. The van der Waals surface area contributed by atoms with Crippen molar-refractivity contribution in [1.29, 1.82) is 0 Å². The molecule has 2 N–H and O–H groups in total. The largest absolute Gasteiger partial charge is 0.490 e. The maximum Gasteiger partial charge on any atom is 0.372 e. The Morgan fingerprint density at radius 3 is 2.76 bits per heavy atom. The second kappa shape index (κ2) is 7.94. The van der Waals surface area contributed by atoms with Crippen LogP contribution in [0.3, 0.4) is 0 Å². The lowest BCUT2D eigenvalue weighted by molar-refractivity contribution is -0.137. The van der Waals surface area contributed by atoms with Gasteiger partial charge in [0.2, 0.25) is 11.4 Å². The number of carbonyl (C=O) groups is 2. The molecule has 1 aliphatic heterocycles. The number of hydrogen-bond acceptors (Lipinski definition) is 5.